The number of benzene rings is 2. The second-order valence-corrected chi connectivity index (χ2v) is 13.9. The zero-order chi connectivity index (χ0) is 34.3. The fraction of sp³-hybridized carbons (Fsp3) is 0.561. The van der Waals surface area contributed by atoms with Gasteiger partial charge in [0.25, 0.3) is 0 Å². The van der Waals surface area contributed by atoms with Gasteiger partial charge >= 0.3 is 11.9 Å². The van der Waals surface area contributed by atoms with Crippen LogP contribution in [0.15, 0.2) is 66.8 Å². The molecule has 0 unspecified atom stereocenters. The van der Waals surface area contributed by atoms with E-state index in [1.54, 1.807) is 0 Å². The first-order valence-corrected chi connectivity index (χ1v) is 18.0. The van der Waals surface area contributed by atoms with Crippen LogP contribution in [0.4, 0.5) is 4.39 Å². The van der Waals surface area contributed by atoms with Crippen molar-refractivity contribution in [1.82, 2.24) is 0 Å². The molecule has 2 aliphatic carbocycles. The van der Waals surface area contributed by atoms with E-state index in [2.05, 4.69) is 55.6 Å². The lowest BCUT2D eigenvalue weighted by Crippen LogP contribution is -2.25. The van der Waals surface area contributed by atoms with Gasteiger partial charge in [-0.05, 0) is 129 Å². The summed E-state index contributed by atoms with van der Waals surface area (Å²) < 4.78 is 23.1. The molecule has 0 bridgehead atoms. The van der Waals surface area contributed by atoms with Crippen molar-refractivity contribution >= 4 is 11.9 Å². The molecule has 4 rings (SSSR count). The third-order valence-electron chi connectivity index (χ3n) is 10.5. The number of carbonyl (C=O) groups is 2. The van der Waals surface area contributed by atoms with Gasteiger partial charge in [0.2, 0.25) is 0 Å². The van der Waals surface area contributed by atoms with Gasteiger partial charge in [0.05, 0.1) is 44.2 Å². The Labute approximate surface area is 286 Å². The molecule has 2 N–H and O–H groups in total. The number of hydrogen-bond acceptors (Lipinski definition) is 6. The first-order valence-electron chi connectivity index (χ1n) is 18.0. The lowest BCUT2D eigenvalue weighted by molar-refractivity contribution is -0.140. The van der Waals surface area contributed by atoms with E-state index in [0.29, 0.717) is 31.6 Å². The first kappa shape index (κ1) is 37.5. The summed E-state index contributed by atoms with van der Waals surface area (Å²) in [7, 11) is 0. The molecule has 0 spiro atoms. The summed E-state index contributed by atoms with van der Waals surface area (Å²) in [5.41, 5.74) is 6.04. The van der Waals surface area contributed by atoms with Crippen molar-refractivity contribution in [2.45, 2.75) is 95.8 Å². The van der Waals surface area contributed by atoms with Gasteiger partial charge in [-0.1, -0.05) is 68.5 Å². The molecule has 2 aromatic carbocycles. The van der Waals surface area contributed by atoms with Crippen molar-refractivity contribution in [3.63, 3.8) is 0 Å². The average molecular weight is 663 g/mol. The van der Waals surface area contributed by atoms with Crippen LogP contribution in [0.3, 0.4) is 0 Å². The second-order valence-electron chi connectivity index (χ2n) is 13.9. The van der Waals surface area contributed by atoms with Crippen LogP contribution in [0.5, 0.6) is 0 Å². The Morgan fingerprint density at radius 1 is 0.688 bits per heavy atom. The molecule has 2 saturated carbocycles. The summed E-state index contributed by atoms with van der Waals surface area (Å²) in [6.45, 7) is 6.49. The van der Waals surface area contributed by atoms with Crippen LogP contribution < -0.4 is 0 Å². The van der Waals surface area contributed by atoms with E-state index in [0.717, 1.165) is 52.8 Å². The Kier molecular flexibility index (Phi) is 15.4. The summed E-state index contributed by atoms with van der Waals surface area (Å²) in [5.74, 6) is 1.90. The third-order valence-corrected chi connectivity index (χ3v) is 10.5. The molecule has 0 atom stereocenters. The lowest BCUT2D eigenvalue weighted by atomic mass is 9.68. The molecule has 0 saturated heterocycles. The van der Waals surface area contributed by atoms with Crippen molar-refractivity contribution < 1.29 is 33.7 Å². The summed E-state index contributed by atoms with van der Waals surface area (Å²) >= 11 is 0. The van der Waals surface area contributed by atoms with E-state index in [1.165, 1.54) is 56.9 Å². The maximum atomic E-state index is 12.6. The highest BCUT2D eigenvalue weighted by Gasteiger charge is 2.31. The molecule has 262 valence electrons. The van der Waals surface area contributed by atoms with Crippen molar-refractivity contribution in [3.05, 3.63) is 83.5 Å². The number of hydrogen-bond donors (Lipinski definition) is 2. The van der Waals surface area contributed by atoms with Crippen LogP contribution in [0.25, 0.3) is 11.1 Å². The van der Waals surface area contributed by atoms with Gasteiger partial charge in [-0.25, -0.2) is 9.59 Å². The summed E-state index contributed by atoms with van der Waals surface area (Å²) in [4.78, 5) is 23.7. The predicted octanol–water partition coefficient (Wildman–Crippen LogP) is 8.23. The van der Waals surface area contributed by atoms with Crippen molar-refractivity contribution in [1.29, 1.82) is 0 Å². The molecule has 6 nitrogen and oxygen atoms in total. The van der Waals surface area contributed by atoms with Crippen LogP contribution in [0.1, 0.15) is 99.7 Å². The minimum atomic E-state index is -0.576. The van der Waals surface area contributed by atoms with E-state index in [4.69, 9.17) is 19.7 Å². The molecule has 7 heteroatoms. The van der Waals surface area contributed by atoms with E-state index < -0.39 is 25.2 Å². The smallest absolute Gasteiger partial charge is 0.335 e. The van der Waals surface area contributed by atoms with Gasteiger partial charge in [-0.15, -0.1) is 0 Å². The maximum Gasteiger partial charge on any atom is 0.335 e. The number of aryl methyl sites for hydroxylation is 2. The van der Waals surface area contributed by atoms with Crippen molar-refractivity contribution in [3.8, 4) is 11.1 Å². The first-order chi connectivity index (χ1) is 23.3. The van der Waals surface area contributed by atoms with Crippen molar-refractivity contribution in [2.24, 2.45) is 17.8 Å². The van der Waals surface area contributed by atoms with Gasteiger partial charge in [-0.3, -0.25) is 4.39 Å². The number of esters is 2. The summed E-state index contributed by atoms with van der Waals surface area (Å²) in [6, 6.07) is 15.6. The van der Waals surface area contributed by atoms with E-state index >= 15 is 0 Å². The van der Waals surface area contributed by atoms with Gasteiger partial charge < -0.3 is 19.7 Å². The Hall–Kier alpha value is -3.29. The van der Waals surface area contributed by atoms with Gasteiger partial charge in [0, 0.05) is 0 Å². The second kappa shape index (κ2) is 19.6. The van der Waals surface area contributed by atoms with Crippen molar-refractivity contribution in [2.75, 3.05) is 33.1 Å². The lowest BCUT2D eigenvalue weighted by Gasteiger charge is -2.38. The zero-order valence-electron chi connectivity index (χ0n) is 28.6. The summed E-state index contributed by atoms with van der Waals surface area (Å²) in [5, 5.41) is 18.2. The monoisotopic (exact) mass is 662 g/mol. The van der Waals surface area contributed by atoms with E-state index in [9.17, 15) is 14.0 Å². The highest BCUT2D eigenvalue weighted by molar-refractivity contribution is 5.88. The molecular formula is C41H55FO6. The molecule has 48 heavy (non-hydrogen) atoms. The Balaban J connectivity index is 1.35. The zero-order valence-corrected chi connectivity index (χ0v) is 28.6. The minimum absolute atomic E-state index is 0.0451. The highest BCUT2D eigenvalue weighted by atomic mass is 19.1. The number of aliphatic hydroxyl groups excluding tert-OH is 2. The van der Waals surface area contributed by atoms with Crippen LogP contribution in [-0.2, 0) is 31.9 Å². The van der Waals surface area contributed by atoms with Crippen LogP contribution >= 0.6 is 0 Å². The van der Waals surface area contributed by atoms with Gasteiger partial charge in [0.15, 0.2) is 0 Å². The standard InChI is InChI=1S/C41H55FO6/c1-29(27-43)40(45)47-22-4-7-32-24-33(8-5-23-48-41(46)30(2)28-44)26-39(25-32)38-19-17-37(18-20-38)36-15-13-35(14-16-36)34-11-9-31(10-12-34)6-3-21-42/h17-20,24-26,31,34-36,43-44H,1-16,21-23,27-28H2. The number of carbonyl (C=O) groups excluding carboxylic acids is 2. The molecule has 0 aliphatic heterocycles. The number of rotatable bonds is 18. The predicted molar refractivity (Wildman–Crippen MR) is 188 cm³/mol. The minimum Gasteiger partial charge on any atom is -0.462 e. The molecule has 2 fully saturated rings. The van der Waals surface area contributed by atoms with Crippen LogP contribution in [-0.4, -0.2) is 55.3 Å². The molecule has 0 radical (unpaired) electrons. The number of alkyl halides is 1. The largest absolute Gasteiger partial charge is 0.462 e. The van der Waals surface area contributed by atoms with Gasteiger partial charge in [-0.2, -0.15) is 0 Å². The Morgan fingerprint density at radius 3 is 1.67 bits per heavy atom. The summed E-state index contributed by atoms with van der Waals surface area (Å²) in [6.07, 6.45) is 14.9. The maximum absolute atomic E-state index is 12.6. The Morgan fingerprint density at radius 2 is 1.19 bits per heavy atom. The van der Waals surface area contributed by atoms with E-state index in [-0.39, 0.29) is 31.0 Å². The molecular weight excluding hydrogens is 607 g/mol. The normalized spacial score (nSPS) is 21.0. The number of halogens is 1. The molecule has 2 aliphatic rings. The quantitative estimate of drug-likeness (QED) is 0.0949. The molecule has 2 aromatic rings. The molecule has 0 aromatic heterocycles. The number of aliphatic hydroxyl groups is 2. The van der Waals surface area contributed by atoms with Gasteiger partial charge in [0.1, 0.15) is 0 Å². The fourth-order valence-electron chi connectivity index (χ4n) is 7.62. The topological polar surface area (TPSA) is 93.1 Å². The average Bonchev–Trinajstić information content (AvgIpc) is 3.13. The Bertz CT molecular complexity index is 1280. The van der Waals surface area contributed by atoms with Crippen LogP contribution in [0, 0.1) is 17.8 Å². The third kappa shape index (κ3) is 11.4. The molecule has 0 amide bonds. The SMILES string of the molecule is C=C(CO)C(=O)OCCCc1cc(CCCOC(=O)C(=C)CO)cc(-c2ccc(C3CCC(C4CCC(CCCF)CC4)CC3)cc2)c1. The molecule has 0 heterocycles. The fourth-order valence-corrected chi connectivity index (χ4v) is 7.62. The highest BCUT2D eigenvalue weighted by Crippen LogP contribution is 2.44. The number of ether oxygens (including phenoxy) is 2. The van der Waals surface area contributed by atoms with E-state index in [1.807, 2.05) is 0 Å². The van der Waals surface area contributed by atoms with Crippen LogP contribution in [0.2, 0.25) is 0 Å².